The van der Waals surface area contributed by atoms with Crippen LogP contribution in [0.3, 0.4) is 0 Å². The molecule has 136 valence electrons. The zero-order valence-electron chi connectivity index (χ0n) is 14.9. The van der Waals surface area contributed by atoms with E-state index in [4.69, 9.17) is 0 Å². The van der Waals surface area contributed by atoms with E-state index < -0.39 is 0 Å². The Hall–Kier alpha value is -3.47. The molecule has 1 amide bonds. The Balaban J connectivity index is 1.70. The molecule has 0 fully saturated rings. The minimum atomic E-state index is 0.0259. The normalized spacial score (nSPS) is 12.7. The summed E-state index contributed by atoms with van der Waals surface area (Å²) >= 11 is 0. The Kier molecular flexibility index (Phi) is 6.30. The Labute approximate surface area is 158 Å². The SMILES string of the molecule is O=NC=C1C=CN(CC(=O)N(Cc2ccccc2)Cc2ccccc2)C=C1. The van der Waals surface area contributed by atoms with Crippen molar-refractivity contribution in [3.63, 3.8) is 0 Å². The molecule has 0 aromatic heterocycles. The second kappa shape index (κ2) is 9.29. The molecule has 0 N–H and O–H groups in total. The number of amides is 1. The van der Waals surface area contributed by atoms with E-state index in [1.54, 1.807) is 29.5 Å². The second-order valence-corrected chi connectivity index (χ2v) is 6.26. The second-order valence-electron chi connectivity index (χ2n) is 6.26. The van der Waals surface area contributed by atoms with Crippen molar-refractivity contribution in [2.75, 3.05) is 6.54 Å². The Morgan fingerprint density at radius 2 is 1.41 bits per heavy atom. The molecule has 27 heavy (non-hydrogen) atoms. The molecule has 0 saturated heterocycles. The maximum absolute atomic E-state index is 13.0. The molecule has 1 heterocycles. The number of rotatable bonds is 7. The third kappa shape index (κ3) is 5.51. The number of hydrogen-bond donors (Lipinski definition) is 0. The van der Waals surface area contributed by atoms with E-state index in [0.717, 1.165) is 11.1 Å². The summed E-state index contributed by atoms with van der Waals surface area (Å²) in [6.07, 6.45) is 8.31. The van der Waals surface area contributed by atoms with Gasteiger partial charge in [-0.15, -0.1) is 4.91 Å². The molecule has 0 bridgehead atoms. The largest absolute Gasteiger partial charge is 0.345 e. The first-order valence-corrected chi connectivity index (χ1v) is 8.75. The highest BCUT2D eigenvalue weighted by Crippen LogP contribution is 2.13. The van der Waals surface area contributed by atoms with Crippen molar-refractivity contribution in [3.05, 3.63) is 113 Å². The summed E-state index contributed by atoms with van der Waals surface area (Å²) in [5.74, 6) is 0.0259. The molecule has 0 spiro atoms. The standard InChI is InChI=1S/C22H21N3O2/c26-22(18-24-13-11-19(12-14-24)15-23-27)25(16-20-7-3-1-4-8-20)17-21-9-5-2-6-10-21/h1-15H,16-18H2. The van der Waals surface area contributed by atoms with E-state index in [1.165, 1.54) is 6.20 Å². The van der Waals surface area contributed by atoms with Crippen LogP contribution in [0.4, 0.5) is 0 Å². The minimum absolute atomic E-state index is 0.0259. The molecule has 3 rings (SSSR count). The summed E-state index contributed by atoms with van der Waals surface area (Å²) < 4.78 is 0. The smallest absolute Gasteiger partial charge is 0.243 e. The van der Waals surface area contributed by atoms with Gasteiger partial charge in [0.2, 0.25) is 5.91 Å². The first-order valence-electron chi connectivity index (χ1n) is 8.75. The van der Waals surface area contributed by atoms with Crippen LogP contribution in [0.2, 0.25) is 0 Å². The number of nitroso groups, excluding NO2 is 1. The maximum atomic E-state index is 13.0. The molecule has 0 unspecified atom stereocenters. The van der Waals surface area contributed by atoms with E-state index in [9.17, 15) is 9.70 Å². The van der Waals surface area contributed by atoms with E-state index >= 15 is 0 Å². The van der Waals surface area contributed by atoms with Gasteiger partial charge in [0, 0.05) is 25.5 Å². The van der Waals surface area contributed by atoms with Crippen LogP contribution in [0.25, 0.3) is 0 Å². The predicted octanol–water partition coefficient (Wildman–Crippen LogP) is 4.21. The number of allylic oxidation sites excluding steroid dienone is 3. The van der Waals surface area contributed by atoms with Crippen molar-refractivity contribution < 1.29 is 4.79 Å². The molecular weight excluding hydrogens is 338 g/mol. The average Bonchev–Trinajstić information content (AvgIpc) is 2.71. The zero-order chi connectivity index (χ0) is 18.9. The van der Waals surface area contributed by atoms with Crippen LogP contribution in [0.5, 0.6) is 0 Å². The Bertz CT molecular complexity index is 800. The van der Waals surface area contributed by atoms with Crippen molar-refractivity contribution in [2.45, 2.75) is 13.1 Å². The van der Waals surface area contributed by atoms with E-state index in [2.05, 4.69) is 5.18 Å². The lowest BCUT2D eigenvalue weighted by Gasteiger charge is -2.26. The van der Waals surface area contributed by atoms with Crippen LogP contribution in [-0.2, 0) is 17.9 Å². The van der Waals surface area contributed by atoms with Gasteiger partial charge < -0.3 is 9.80 Å². The summed E-state index contributed by atoms with van der Waals surface area (Å²) in [5.41, 5.74) is 2.89. The summed E-state index contributed by atoms with van der Waals surface area (Å²) in [6, 6.07) is 19.9. The van der Waals surface area contributed by atoms with Gasteiger partial charge in [0.15, 0.2) is 0 Å². The summed E-state index contributed by atoms with van der Waals surface area (Å²) in [5, 5.41) is 2.76. The number of hydrogen-bond acceptors (Lipinski definition) is 4. The monoisotopic (exact) mass is 359 g/mol. The third-order valence-electron chi connectivity index (χ3n) is 4.22. The van der Waals surface area contributed by atoms with Crippen LogP contribution >= 0.6 is 0 Å². The van der Waals surface area contributed by atoms with Crippen molar-refractivity contribution in [3.8, 4) is 0 Å². The van der Waals surface area contributed by atoms with Gasteiger partial charge in [0.05, 0.1) is 6.20 Å². The van der Waals surface area contributed by atoms with Crippen LogP contribution in [0.1, 0.15) is 11.1 Å². The van der Waals surface area contributed by atoms with Gasteiger partial charge in [-0.3, -0.25) is 4.79 Å². The lowest BCUT2D eigenvalue weighted by atomic mass is 10.1. The van der Waals surface area contributed by atoms with Gasteiger partial charge in [0.1, 0.15) is 6.54 Å². The minimum Gasteiger partial charge on any atom is -0.345 e. The quantitative estimate of drug-likeness (QED) is 0.696. The van der Waals surface area contributed by atoms with Crippen molar-refractivity contribution in [1.82, 2.24) is 9.80 Å². The predicted molar refractivity (Wildman–Crippen MR) is 106 cm³/mol. The molecule has 5 nitrogen and oxygen atoms in total. The molecular formula is C22H21N3O2. The fraction of sp³-hybridized carbons (Fsp3) is 0.136. The van der Waals surface area contributed by atoms with Gasteiger partial charge in [0.25, 0.3) is 0 Å². The van der Waals surface area contributed by atoms with Crippen molar-refractivity contribution in [1.29, 1.82) is 0 Å². The molecule has 1 aliphatic rings. The number of carbonyl (C=O) groups is 1. The zero-order valence-corrected chi connectivity index (χ0v) is 14.9. The van der Waals surface area contributed by atoms with Crippen LogP contribution in [0, 0.1) is 4.91 Å². The maximum Gasteiger partial charge on any atom is 0.243 e. The van der Waals surface area contributed by atoms with Crippen molar-refractivity contribution in [2.24, 2.45) is 5.18 Å². The number of nitrogens with zero attached hydrogens (tertiary/aromatic N) is 3. The van der Waals surface area contributed by atoms with Gasteiger partial charge in [-0.25, -0.2) is 0 Å². The van der Waals surface area contributed by atoms with Crippen LogP contribution in [0.15, 0.2) is 102 Å². The molecule has 0 aliphatic carbocycles. The molecule has 0 saturated carbocycles. The van der Waals surface area contributed by atoms with E-state index in [0.29, 0.717) is 18.7 Å². The fourth-order valence-electron chi connectivity index (χ4n) is 2.82. The van der Waals surface area contributed by atoms with Crippen LogP contribution in [-0.4, -0.2) is 22.3 Å². The summed E-state index contributed by atoms with van der Waals surface area (Å²) in [4.78, 5) is 26.9. The van der Waals surface area contributed by atoms with Crippen molar-refractivity contribution >= 4 is 5.91 Å². The highest BCUT2D eigenvalue weighted by Gasteiger charge is 2.17. The Morgan fingerprint density at radius 1 is 0.889 bits per heavy atom. The van der Waals surface area contributed by atoms with Gasteiger partial charge in [-0.2, -0.15) is 0 Å². The molecule has 0 atom stereocenters. The highest BCUT2D eigenvalue weighted by molar-refractivity contribution is 5.78. The molecule has 5 heteroatoms. The Morgan fingerprint density at radius 3 is 1.89 bits per heavy atom. The molecule has 2 aromatic rings. The number of benzene rings is 2. The molecule has 1 aliphatic heterocycles. The molecule has 0 radical (unpaired) electrons. The fourth-order valence-corrected chi connectivity index (χ4v) is 2.82. The van der Waals surface area contributed by atoms with Crippen LogP contribution < -0.4 is 0 Å². The third-order valence-corrected chi connectivity index (χ3v) is 4.22. The van der Waals surface area contributed by atoms with Gasteiger partial charge >= 0.3 is 0 Å². The summed E-state index contributed by atoms with van der Waals surface area (Å²) in [7, 11) is 0. The van der Waals surface area contributed by atoms with Gasteiger partial charge in [-0.05, 0) is 34.0 Å². The topological polar surface area (TPSA) is 53.0 Å². The lowest BCUT2D eigenvalue weighted by Crippen LogP contribution is -2.36. The number of carbonyl (C=O) groups excluding carboxylic acids is 1. The first kappa shape index (κ1) is 18.3. The molecule has 2 aromatic carbocycles. The summed E-state index contributed by atoms with van der Waals surface area (Å²) in [6.45, 7) is 1.33. The average molecular weight is 359 g/mol. The van der Waals surface area contributed by atoms with E-state index in [1.807, 2.05) is 65.6 Å². The lowest BCUT2D eigenvalue weighted by molar-refractivity contribution is -0.132. The first-order chi connectivity index (χ1) is 13.2. The van der Waals surface area contributed by atoms with E-state index in [-0.39, 0.29) is 12.5 Å². The highest BCUT2D eigenvalue weighted by atomic mass is 16.2. The van der Waals surface area contributed by atoms with Gasteiger partial charge in [-0.1, -0.05) is 60.7 Å².